The molecule has 0 saturated carbocycles. The third-order valence-electron chi connectivity index (χ3n) is 3.47. The van der Waals surface area contributed by atoms with Crippen molar-refractivity contribution in [1.82, 2.24) is 15.0 Å². The molecule has 0 spiro atoms. The molecule has 1 aliphatic rings. The van der Waals surface area contributed by atoms with Crippen LogP contribution in [0.1, 0.15) is 19.8 Å². The topological polar surface area (TPSA) is 54.0 Å². The molecule has 2 aromatic heterocycles. The molecule has 0 aliphatic carbocycles. The van der Waals surface area contributed by atoms with E-state index in [-0.39, 0.29) is 0 Å². The molecule has 1 aliphatic heterocycles. The van der Waals surface area contributed by atoms with Crippen LogP contribution in [-0.4, -0.2) is 40.8 Å². The maximum absolute atomic E-state index is 5.67. The number of aromatic nitrogens is 3. The zero-order valence-electron chi connectivity index (χ0n) is 10.6. The highest BCUT2D eigenvalue weighted by Crippen LogP contribution is 2.24. The third-order valence-corrected chi connectivity index (χ3v) is 3.47. The van der Waals surface area contributed by atoms with E-state index in [0.717, 1.165) is 49.4 Å². The summed E-state index contributed by atoms with van der Waals surface area (Å²) in [4.78, 5) is 14.2. The number of rotatable bonds is 3. The summed E-state index contributed by atoms with van der Waals surface area (Å²) in [5.74, 6) is 1.01. The molecule has 5 heteroatoms. The van der Waals surface area contributed by atoms with Crippen molar-refractivity contribution in [2.24, 2.45) is 0 Å². The largest absolute Gasteiger partial charge is 0.378 e. The first-order chi connectivity index (χ1) is 8.88. The minimum atomic E-state index is 0.409. The van der Waals surface area contributed by atoms with Crippen molar-refractivity contribution < 1.29 is 4.74 Å². The Morgan fingerprint density at radius 1 is 1.39 bits per heavy atom. The molecular weight excluding hydrogens is 228 g/mol. The molecule has 1 fully saturated rings. The number of H-pyrrole nitrogens is 1. The molecule has 18 heavy (non-hydrogen) atoms. The van der Waals surface area contributed by atoms with Gasteiger partial charge in [-0.05, 0) is 25.8 Å². The lowest BCUT2D eigenvalue weighted by Crippen LogP contribution is -2.37. The molecule has 0 bridgehead atoms. The average Bonchev–Trinajstić information content (AvgIpc) is 2.88. The Labute approximate surface area is 106 Å². The van der Waals surface area contributed by atoms with E-state index in [4.69, 9.17) is 4.74 Å². The number of hydrogen-bond donors (Lipinski definition) is 1. The standard InChI is InChI=1S/C13H18N4O/c1-2-18-10-4-7-17(8-5-10)13-12-11(3-6-14-12)15-9-16-13/h3,6,9-10,14H,2,4-5,7-8H2,1H3. The number of anilines is 1. The van der Waals surface area contributed by atoms with Gasteiger partial charge in [-0.15, -0.1) is 0 Å². The molecule has 5 nitrogen and oxygen atoms in total. The third kappa shape index (κ3) is 2.06. The van der Waals surface area contributed by atoms with Gasteiger partial charge in [0.1, 0.15) is 11.8 Å². The van der Waals surface area contributed by atoms with Gasteiger partial charge in [-0.25, -0.2) is 9.97 Å². The molecule has 3 rings (SSSR count). The minimum absolute atomic E-state index is 0.409. The van der Waals surface area contributed by atoms with Crippen LogP contribution in [0.15, 0.2) is 18.6 Å². The fraction of sp³-hybridized carbons (Fsp3) is 0.538. The van der Waals surface area contributed by atoms with Gasteiger partial charge in [0.25, 0.3) is 0 Å². The zero-order chi connectivity index (χ0) is 12.4. The summed E-state index contributed by atoms with van der Waals surface area (Å²) in [6, 6.07) is 1.98. The lowest BCUT2D eigenvalue weighted by atomic mass is 10.1. The quantitative estimate of drug-likeness (QED) is 0.899. The fourth-order valence-electron chi connectivity index (χ4n) is 2.57. The van der Waals surface area contributed by atoms with E-state index in [9.17, 15) is 0 Å². The second kappa shape index (κ2) is 4.94. The van der Waals surface area contributed by atoms with Gasteiger partial charge in [-0.3, -0.25) is 0 Å². The van der Waals surface area contributed by atoms with Crippen LogP contribution >= 0.6 is 0 Å². The highest BCUT2D eigenvalue weighted by atomic mass is 16.5. The van der Waals surface area contributed by atoms with Crippen LogP contribution < -0.4 is 4.90 Å². The second-order valence-electron chi connectivity index (χ2n) is 4.58. The molecule has 0 atom stereocenters. The van der Waals surface area contributed by atoms with Gasteiger partial charge >= 0.3 is 0 Å². The first kappa shape index (κ1) is 11.5. The van der Waals surface area contributed by atoms with Crippen LogP contribution in [0, 0.1) is 0 Å². The number of nitrogens with zero attached hydrogens (tertiary/aromatic N) is 3. The molecular formula is C13H18N4O. The van der Waals surface area contributed by atoms with E-state index in [1.54, 1.807) is 6.33 Å². The maximum Gasteiger partial charge on any atom is 0.156 e. The molecule has 0 radical (unpaired) electrons. The number of nitrogens with one attached hydrogen (secondary N) is 1. The van der Waals surface area contributed by atoms with E-state index in [0.29, 0.717) is 6.10 Å². The Kier molecular flexibility index (Phi) is 3.15. The molecule has 3 heterocycles. The first-order valence-electron chi connectivity index (χ1n) is 6.53. The summed E-state index contributed by atoms with van der Waals surface area (Å²) >= 11 is 0. The Balaban J connectivity index is 1.78. The number of ether oxygens (including phenoxy) is 1. The van der Waals surface area contributed by atoms with Crippen molar-refractivity contribution in [2.75, 3.05) is 24.6 Å². The molecule has 0 aromatic carbocycles. The predicted octanol–water partition coefficient (Wildman–Crippen LogP) is 1.96. The van der Waals surface area contributed by atoms with E-state index in [1.165, 1.54) is 0 Å². The smallest absolute Gasteiger partial charge is 0.156 e. The van der Waals surface area contributed by atoms with Gasteiger partial charge in [0.05, 0.1) is 11.6 Å². The van der Waals surface area contributed by atoms with Crippen LogP contribution in [0.4, 0.5) is 5.82 Å². The van der Waals surface area contributed by atoms with E-state index < -0.39 is 0 Å². The Bertz CT molecular complexity index is 516. The number of fused-ring (bicyclic) bond motifs is 1. The number of hydrogen-bond acceptors (Lipinski definition) is 4. The van der Waals surface area contributed by atoms with Crippen molar-refractivity contribution in [1.29, 1.82) is 0 Å². The summed E-state index contributed by atoms with van der Waals surface area (Å²) in [5, 5.41) is 0. The number of aromatic amines is 1. The van der Waals surface area contributed by atoms with Gasteiger partial charge < -0.3 is 14.6 Å². The van der Waals surface area contributed by atoms with Crippen LogP contribution in [0.3, 0.4) is 0 Å². The van der Waals surface area contributed by atoms with Crippen molar-refractivity contribution >= 4 is 16.9 Å². The van der Waals surface area contributed by atoms with Crippen LogP contribution in [0.25, 0.3) is 11.0 Å². The summed E-state index contributed by atoms with van der Waals surface area (Å²) in [6.07, 6.45) is 6.10. The van der Waals surface area contributed by atoms with Crippen molar-refractivity contribution in [3.05, 3.63) is 18.6 Å². The zero-order valence-corrected chi connectivity index (χ0v) is 10.6. The Morgan fingerprint density at radius 3 is 3.00 bits per heavy atom. The maximum atomic E-state index is 5.67. The van der Waals surface area contributed by atoms with Crippen LogP contribution in [0.2, 0.25) is 0 Å². The van der Waals surface area contributed by atoms with Crippen molar-refractivity contribution in [3.8, 4) is 0 Å². The minimum Gasteiger partial charge on any atom is -0.378 e. The molecule has 0 unspecified atom stereocenters. The monoisotopic (exact) mass is 246 g/mol. The van der Waals surface area contributed by atoms with Gasteiger partial charge in [-0.1, -0.05) is 0 Å². The SMILES string of the molecule is CCOC1CCN(c2ncnc3cc[nH]c23)CC1. The van der Waals surface area contributed by atoms with Crippen molar-refractivity contribution in [3.63, 3.8) is 0 Å². The molecule has 0 amide bonds. The Morgan fingerprint density at radius 2 is 2.22 bits per heavy atom. The molecule has 2 aromatic rings. The van der Waals surface area contributed by atoms with E-state index in [1.807, 2.05) is 12.3 Å². The molecule has 96 valence electrons. The highest BCUT2D eigenvalue weighted by Gasteiger charge is 2.21. The lowest BCUT2D eigenvalue weighted by Gasteiger charge is -2.32. The normalized spacial score (nSPS) is 17.5. The van der Waals surface area contributed by atoms with Gasteiger partial charge in [0, 0.05) is 25.9 Å². The summed E-state index contributed by atoms with van der Waals surface area (Å²) in [6.45, 7) is 4.85. The van der Waals surface area contributed by atoms with Gasteiger partial charge in [0.15, 0.2) is 5.82 Å². The fourth-order valence-corrected chi connectivity index (χ4v) is 2.57. The number of piperidine rings is 1. The van der Waals surface area contributed by atoms with Crippen LogP contribution in [-0.2, 0) is 4.74 Å². The van der Waals surface area contributed by atoms with E-state index >= 15 is 0 Å². The predicted molar refractivity (Wildman–Crippen MR) is 70.7 cm³/mol. The lowest BCUT2D eigenvalue weighted by molar-refractivity contribution is 0.0458. The van der Waals surface area contributed by atoms with Gasteiger partial charge in [-0.2, -0.15) is 0 Å². The van der Waals surface area contributed by atoms with Crippen LogP contribution in [0.5, 0.6) is 0 Å². The molecule has 1 N–H and O–H groups in total. The Hall–Kier alpha value is -1.62. The summed E-state index contributed by atoms with van der Waals surface area (Å²) < 4.78 is 5.67. The van der Waals surface area contributed by atoms with E-state index in [2.05, 4.69) is 26.8 Å². The van der Waals surface area contributed by atoms with Gasteiger partial charge in [0.2, 0.25) is 0 Å². The second-order valence-corrected chi connectivity index (χ2v) is 4.58. The summed E-state index contributed by atoms with van der Waals surface area (Å²) in [7, 11) is 0. The summed E-state index contributed by atoms with van der Waals surface area (Å²) in [5.41, 5.74) is 2.01. The highest BCUT2D eigenvalue weighted by molar-refractivity contribution is 5.85. The molecule has 1 saturated heterocycles. The first-order valence-corrected chi connectivity index (χ1v) is 6.53. The average molecular weight is 246 g/mol. The van der Waals surface area contributed by atoms with Crippen molar-refractivity contribution in [2.45, 2.75) is 25.9 Å².